The van der Waals surface area contributed by atoms with Crippen molar-refractivity contribution in [2.45, 2.75) is 13.3 Å². The van der Waals surface area contributed by atoms with Crippen molar-refractivity contribution in [2.75, 3.05) is 21.3 Å². The van der Waals surface area contributed by atoms with Gasteiger partial charge >= 0.3 is 0 Å². The van der Waals surface area contributed by atoms with Gasteiger partial charge in [-0.1, -0.05) is 42.8 Å². The molecule has 2 aromatic rings. The fraction of sp³-hybridized carbons (Fsp3) is 0.278. The smallest absolute Gasteiger partial charge is 0.204 e. The van der Waals surface area contributed by atoms with Crippen molar-refractivity contribution in [1.82, 2.24) is 0 Å². The first-order valence-corrected chi connectivity index (χ1v) is 7.57. The van der Waals surface area contributed by atoms with Crippen molar-refractivity contribution in [3.05, 3.63) is 52.0 Å². The number of halogens is 1. The van der Waals surface area contributed by atoms with Crippen molar-refractivity contribution in [3.63, 3.8) is 0 Å². The Bertz CT molecular complexity index is 708. The Balaban J connectivity index is 2.58. The Morgan fingerprint density at radius 3 is 2.09 bits per heavy atom. The molecule has 0 bridgehead atoms. The summed E-state index contributed by atoms with van der Waals surface area (Å²) in [5.74, 6) is 0.789. The summed E-state index contributed by atoms with van der Waals surface area (Å²) in [5.41, 5.74) is 1.96. The minimum absolute atomic E-state index is 0.226. The number of methoxy groups -OCH3 is 3. The van der Waals surface area contributed by atoms with Crippen LogP contribution in [0.15, 0.2) is 30.3 Å². The van der Waals surface area contributed by atoms with Crippen molar-refractivity contribution < 1.29 is 19.0 Å². The first kappa shape index (κ1) is 17.2. The second kappa shape index (κ2) is 7.38. The van der Waals surface area contributed by atoms with Gasteiger partial charge in [0.15, 0.2) is 17.3 Å². The second-order valence-electron chi connectivity index (χ2n) is 4.88. The largest absolute Gasteiger partial charge is 0.493 e. The molecule has 0 aliphatic rings. The lowest BCUT2D eigenvalue weighted by molar-refractivity contribution is 0.103. The average molecular weight is 335 g/mol. The number of carbonyl (C=O) groups excluding carboxylic acids is 1. The summed E-state index contributed by atoms with van der Waals surface area (Å²) in [6, 6.07) is 8.97. The van der Waals surface area contributed by atoms with E-state index in [0.717, 1.165) is 12.0 Å². The Morgan fingerprint density at radius 1 is 1.00 bits per heavy atom. The third kappa shape index (κ3) is 3.27. The van der Waals surface area contributed by atoms with Gasteiger partial charge in [-0.3, -0.25) is 4.79 Å². The maximum absolute atomic E-state index is 12.9. The summed E-state index contributed by atoms with van der Waals surface area (Å²) >= 11 is 6.29. The molecule has 0 aromatic heterocycles. The highest BCUT2D eigenvalue weighted by atomic mass is 35.5. The van der Waals surface area contributed by atoms with E-state index < -0.39 is 0 Å². The molecular formula is C18H19ClO4. The number of ether oxygens (including phenoxy) is 3. The zero-order valence-electron chi connectivity index (χ0n) is 13.6. The molecule has 0 N–H and O–H groups in total. The molecular weight excluding hydrogens is 316 g/mol. The fourth-order valence-corrected chi connectivity index (χ4v) is 2.64. The maximum atomic E-state index is 12.9. The number of hydrogen-bond acceptors (Lipinski definition) is 4. The minimum Gasteiger partial charge on any atom is -0.493 e. The van der Waals surface area contributed by atoms with E-state index in [1.165, 1.54) is 21.3 Å². The van der Waals surface area contributed by atoms with Crippen LogP contribution < -0.4 is 14.2 Å². The molecule has 0 amide bonds. The van der Waals surface area contributed by atoms with Crippen LogP contribution in [0.25, 0.3) is 0 Å². The zero-order chi connectivity index (χ0) is 17.0. The number of rotatable bonds is 6. The molecule has 0 fully saturated rings. The SMILES string of the molecule is CCc1ccc(C(=O)c2c(Cl)cc(OC)c(OC)c2OC)cc1. The van der Waals surface area contributed by atoms with Gasteiger partial charge in [-0.05, 0) is 12.0 Å². The van der Waals surface area contributed by atoms with Crippen LogP contribution in [-0.2, 0) is 6.42 Å². The van der Waals surface area contributed by atoms with Crippen LogP contribution in [0.3, 0.4) is 0 Å². The quantitative estimate of drug-likeness (QED) is 0.744. The van der Waals surface area contributed by atoms with Crippen molar-refractivity contribution in [3.8, 4) is 17.2 Å². The van der Waals surface area contributed by atoms with Gasteiger partial charge < -0.3 is 14.2 Å². The normalized spacial score (nSPS) is 10.3. The first-order valence-electron chi connectivity index (χ1n) is 7.19. The molecule has 0 radical (unpaired) electrons. The van der Waals surface area contributed by atoms with Crippen LogP contribution in [0, 0.1) is 0 Å². The van der Waals surface area contributed by atoms with E-state index in [-0.39, 0.29) is 22.1 Å². The number of hydrogen-bond donors (Lipinski definition) is 0. The van der Waals surface area contributed by atoms with E-state index in [0.29, 0.717) is 17.1 Å². The van der Waals surface area contributed by atoms with Crippen LogP contribution in [0.1, 0.15) is 28.4 Å². The van der Waals surface area contributed by atoms with Crippen LogP contribution in [-0.4, -0.2) is 27.1 Å². The average Bonchev–Trinajstić information content (AvgIpc) is 2.59. The van der Waals surface area contributed by atoms with Gasteiger partial charge in [-0.2, -0.15) is 0 Å². The monoisotopic (exact) mass is 334 g/mol. The predicted molar refractivity (Wildman–Crippen MR) is 90.4 cm³/mol. The molecule has 0 aliphatic heterocycles. The lowest BCUT2D eigenvalue weighted by Crippen LogP contribution is -2.07. The molecule has 2 rings (SSSR count). The van der Waals surface area contributed by atoms with E-state index in [4.69, 9.17) is 25.8 Å². The van der Waals surface area contributed by atoms with Gasteiger partial charge in [0.1, 0.15) is 0 Å². The van der Waals surface area contributed by atoms with Crippen LogP contribution in [0.2, 0.25) is 5.02 Å². The van der Waals surface area contributed by atoms with Crippen LogP contribution >= 0.6 is 11.6 Å². The Kier molecular flexibility index (Phi) is 5.50. The summed E-state index contributed by atoms with van der Waals surface area (Å²) in [4.78, 5) is 12.9. The van der Waals surface area contributed by atoms with E-state index in [9.17, 15) is 4.79 Å². The van der Waals surface area contributed by atoms with Crippen LogP contribution in [0.5, 0.6) is 17.2 Å². The van der Waals surface area contributed by atoms with Gasteiger partial charge in [0.25, 0.3) is 0 Å². The second-order valence-corrected chi connectivity index (χ2v) is 5.29. The summed E-state index contributed by atoms with van der Waals surface area (Å²) < 4.78 is 15.9. The van der Waals surface area contributed by atoms with Crippen LogP contribution in [0.4, 0.5) is 0 Å². The number of aryl methyl sites for hydroxylation is 1. The molecule has 4 nitrogen and oxygen atoms in total. The molecule has 0 saturated carbocycles. The summed E-state index contributed by atoms with van der Waals surface area (Å²) in [6.45, 7) is 2.06. The van der Waals surface area contributed by atoms with E-state index >= 15 is 0 Å². The topological polar surface area (TPSA) is 44.8 Å². The van der Waals surface area contributed by atoms with Crippen molar-refractivity contribution in [2.24, 2.45) is 0 Å². The number of ketones is 1. The lowest BCUT2D eigenvalue weighted by atomic mass is 10.00. The number of benzene rings is 2. The molecule has 0 heterocycles. The fourth-order valence-electron chi connectivity index (χ4n) is 2.37. The van der Waals surface area contributed by atoms with E-state index in [2.05, 4.69) is 6.92 Å². The molecule has 2 aromatic carbocycles. The molecule has 0 aliphatic carbocycles. The Hall–Kier alpha value is -2.20. The minimum atomic E-state index is -0.226. The highest BCUT2D eigenvalue weighted by molar-refractivity contribution is 6.35. The lowest BCUT2D eigenvalue weighted by Gasteiger charge is -2.16. The third-order valence-electron chi connectivity index (χ3n) is 3.63. The van der Waals surface area contributed by atoms with Crippen molar-refractivity contribution in [1.29, 1.82) is 0 Å². The summed E-state index contributed by atoms with van der Waals surface area (Å²) in [5, 5.41) is 0.254. The summed E-state index contributed by atoms with van der Waals surface area (Å²) in [6.07, 6.45) is 0.912. The zero-order valence-corrected chi connectivity index (χ0v) is 14.4. The van der Waals surface area contributed by atoms with E-state index in [1.54, 1.807) is 18.2 Å². The highest BCUT2D eigenvalue weighted by Crippen LogP contribution is 2.44. The Labute approximate surface area is 140 Å². The van der Waals surface area contributed by atoms with Gasteiger partial charge in [0, 0.05) is 11.6 Å². The van der Waals surface area contributed by atoms with Gasteiger partial charge in [-0.25, -0.2) is 0 Å². The highest BCUT2D eigenvalue weighted by Gasteiger charge is 2.25. The van der Waals surface area contributed by atoms with Gasteiger partial charge in [0.05, 0.1) is 31.9 Å². The predicted octanol–water partition coefficient (Wildman–Crippen LogP) is 4.16. The molecule has 0 spiro atoms. The standard InChI is InChI=1S/C18H19ClO4/c1-5-11-6-8-12(9-7-11)16(20)15-13(19)10-14(21-2)17(22-3)18(15)23-4/h6-10H,5H2,1-4H3. The van der Waals surface area contributed by atoms with E-state index in [1.807, 2.05) is 12.1 Å². The van der Waals surface area contributed by atoms with Gasteiger partial charge in [0.2, 0.25) is 5.75 Å². The Morgan fingerprint density at radius 2 is 1.61 bits per heavy atom. The third-order valence-corrected chi connectivity index (χ3v) is 3.93. The molecule has 0 atom stereocenters. The number of carbonyl (C=O) groups is 1. The molecule has 122 valence electrons. The molecule has 23 heavy (non-hydrogen) atoms. The molecule has 0 unspecified atom stereocenters. The maximum Gasteiger partial charge on any atom is 0.204 e. The summed E-state index contributed by atoms with van der Waals surface area (Å²) in [7, 11) is 4.45. The molecule has 5 heteroatoms. The first-order chi connectivity index (χ1) is 11.1. The van der Waals surface area contributed by atoms with Crippen molar-refractivity contribution >= 4 is 17.4 Å². The molecule has 0 saturated heterocycles. The van der Waals surface area contributed by atoms with Gasteiger partial charge in [-0.15, -0.1) is 0 Å².